The Morgan fingerprint density at radius 1 is 1.41 bits per heavy atom. The van der Waals surface area contributed by atoms with E-state index in [0.29, 0.717) is 22.9 Å². The first-order valence-corrected chi connectivity index (χ1v) is 7.24. The van der Waals surface area contributed by atoms with Crippen molar-refractivity contribution in [3.63, 3.8) is 0 Å². The van der Waals surface area contributed by atoms with Crippen molar-refractivity contribution in [2.24, 2.45) is 0 Å². The third-order valence-electron chi connectivity index (χ3n) is 2.10. The number of hydrogen-bond donors (Lipinski definition) is 3. The standard InChI is InChI=1S/C10H16ClN3O2S/c1-2-14-17(15,16)7-6-13-9-5-3-4-8(11)10(9)12/h3-5,13-14H,2,6-7,12H2,1H3. The van der Waals surface area contributed by atoms with Gasteiger partial charge in [-0.25, -0.2) is 13.1 Å². The molecule has 4 N–H and O–H groups in total. The summed E-state index contributed by atoms with van der Waals surface area (Å²) in [5, 5.41) is 3.39. The first kappa shape index (κ1) is 14.1. The molecule has 17 heavy (non-hydrogen) atoms. The lowest BCUT2D eigenvalue weighted by molar-refractivity contribution is 0.584. The number of hydrogen-bond acceptors (Lipinski definition) is 4. The number of anilines is 2. The van der Waals surface area contributed by atoms with Gasteiger partial charge in [0.2, 0.25) is 10.0 Å². The fraction of sp³-hybridized carbons (Fsp3) is 0.400. The van der Waals surface area contributed by atoms with Crippen LogP contribution in [0.1, 0.15) is 6.92 Å². The molecule has 0 aliphatic carbocycles. The molecule has 5 nitrogen and oxygen atoms in total. The van der Waals surface area contributed by atoms with Crippen molar-refractivity contribution in [2.75, 3.05) is 29.9 Å². The van der Waals surface area contributed by atoms with Crippen LogP contribution in [0.25, 0.3) is 0 Å². The second kappa shape index (κ2) is 6.09. The van der Waals surface area contributed by atoms with Crippen molar-refractivity contribution >= 4 is 33.0 Å². The van der Waals surface area contributed by atoms with Crippen LogP contribution >= 0.6 is 11.6 Å². The van der Waals surface area contributed by atoms with Crippen molar-refractivity contribution in [1.29, 1.82) is 0 Å². The van der Waals surface area contributed by atoms with Crippen molar-refractivity contribution in [3.8, 4) is 0 Å². The molecule has 0 amide bonds. The molecule has 0 unspecified atom stereocenters. The van der Waals surface area contributed by atoms with Gasteiger partial charge in [-0.05, 0) is 12.1 Å². The molecular formula is C10H16ClN3O2S. The molecule has 0 saturated heterocycles. The summed E-state index contributed by atoms with van der Waals surface area (Å²) >= 11 is 5.84. The predicted octanol–water partition coefficient (Wildman–Crippen LogP) is 1.27. The number of rotatable bonds is 6. The number of sulfonamides is 1. The molecule has 0 bridgehead atoms. The van der Waals surface area contributed by atoms with Gasteiger partial charge in [-0.15, -0.1) is 0 Å². The van der Waals surface area contributed by atoms with Crippen molar-refractivity contribution in [2.45, 2.75) is 6.92 Å². The average molecular weight is 278 g/mol. The Morgan fingerprint density at radius 3 is 2.76 bits per heavy atom. The van der Waals surface area contributed by atoms with E-state index >= 15 is 0 Å². The maximum absolute atomic E-state index is 11.4. The smallest absolute Gasteiger partial charge is 0.213 e. The van der Waals surface area contributed by atoms with Gasteiger partial charge in [-0.2, -0.15) is 0 Å². The molecule has 0 fully saturated rings. The summed E-state index contributed by atoms with van der Waals surface area (Å²) in [5.41, 5.74) is 6.80. The van der Waals surface area contributed by atoms with E-state index < -0.39 is 10.0 Å². The Bertz CT molecular complexity index is 476. The zero-order valence-electron chi connectivity index (χ0n) is 9.53. The van der Waals surface area contributed by atoms with Crippen LogP contribution in [-0.4, -0.2) is 27.3 Å². The molecule has 0 atom stereocenters. The zero-order chi connectivity index (χ0) is 12.9. The van der Waals surface area contributed by atoms with E-state index in [4.69, 9.17) is 17.3 Å². The minimum absolute atomic E-state index is 0.00715. The second-order valence-electron chi connectivity index (χ2n) is 3.44. The number of benzene rings is 1. The van der Waals surface area contributed by atoms with Crippen LogP contribution in [0.15, 0.2) is 18.2 Å². The molecular weight excluding hydrogens is 262 g/mol. The highest BCUT2D eigenvalue weighted by atomic mass is 35.5. The number of nitrogens with two attached hydrogens (primary N) is 1. The predicted molar refractivity (Wildman–Crippen MR) is 71.8 cm³/mol. The Morgan fingerprint density at radius 2 is 2.12 bits per heavy atom. The van der Waals surface area contributed by atoms with Crippen LogP contribution in [0.3, 0.4) is 0 Å². The first-order chi connectivity index (χ1) is 7.96. The second-order valence-corrected chi connectivity index (χ2v) is 5.78. The van der Waals surface area contributed by atoms with Gasteiger partial charge in [0.25, 0.3) is 0 Å². The topological polar surface area (TPSA) is 84.2 Å². The molecule has 0 heterocycles. The Labute approximate surface area is 106 Å². The van der Waals surface area contributed by atoms with Crippen molar-refractivity contribution in [1.82, 2.24) is 4.72 Å². The van der Waals surface area contributed by atoms with Crippen LogP contribution in [0, 0.1) is 0 Å². The molecule has 0 aliphatic heterocycles. The summed E-state index contributed by atoms with van der Waals surface area (Å²) in [5.74, 6) is -0.00715. The van der Waals surface area contributed by atoms with E-state index in [1.54, 1.807) is 25.1 Å². The highest BCUT2D eigenvalue weighted by Crippen LogP contribution is 2.26. The average Bonchev–Trinajstić information content (AvgIpc) is 2.24. The molecule has 0 aromatic heterocycles. The summed E-state index contributed by atoms with van der Waals surface area (Å²) in [6.07, 6.45) is 0. The van der Waals surface area contributed by atoms with Crippen LogP contribution in [0.5, 0.6) is 0 Å². The van der Waals surface area contributed by atoms with Gasteiger partial charge in [0.05, 0.1) is 22.2 Å². The van der Waals surface area contributed by atoms with E-state index in [1.807, 2.05) is 0 Å². The molecule has 1 rings (SSSR count). The summed E-state index contributed by atoms with van der Waals surface area (Å²) < 4.78 is 25.1. The van der Waals surface area contributed by atoms with Crippen molar-refractivity contribution < 1.29 is 8.42 Å². The minimum atomic E-state index is -3.21. The summed E-state index contributed by atoms with van der Waals surface area (Å²) in [6.45, 7) is 2.40. The highest BCUT2D eigenvalue weighted by Gasteiger charge is 2.08. The van der Waals surface area contributed by atoms with E-state index in [-0.39, 0.29) is 12.3 Å². The molecule has 7 heteroatoms. The van der Waals surface area contributed by atoms with Crippen LogP contribution in [-0.2, 0) is 10.0 Å². The third kappa shape index (κ3) is 4.41. The van der Waals surface area contributed by atoms with Gasteiger partial charge >= 0.3 is 0 Å². The van der Waals surface area contributed by atoms with Crippen molar-refractivity contribution in [3.05, 3.63) is 23.2 Å². The van der Waals surface area contributed by atoms with E-state index in [9.17, 15) is 8.42 Å². The summed E-state index contributed by atoms with van der Waals surface area (Å²) in [6, 6.07) is 5.18. The molecule has 0 aliphatic rings. The molecule has 1 aromatic carbocycles. The first-order valence-electron chi connectivity index (χ1n) is 5.21. The summed E-state index contributed by atoms with van der Waals surface area (Å²) in [7, 11) is -3.21. The lowest BCUT2D eigenvalue weighted by atomic mass is 10.2. The van der Waals surface area contributed by atoms with Gasteiger partial charge in [0, 0.05) is 13.1 Å². The lowest BCUT2D eigenvalue weighted by Crippen LogP contribution is -2.29. The fourth-order valence-corrected chi connectivity index (χ4v) is 2.43. The number of nitrogens with one attached hydrogen (secondary N) is 2. The Hall–Kier alpha value is -0.980. The largest absolute Gasteiger partial charge is 0.396 e. The lowest BCUT2D eigenvalue weighted by Gasteiger charge is -2.10. The van der Waals surface area contributed by atoms with E-state index in [1.165, 1.54) is 0 Å². The van der Waals surface area contributed by atoms with Gasteiger partial charge < -0.3 is 11.1 Å². The van der Waals surface area contributed by atoms with E-state index in [0.717, 1.165) is 0 Å². The molecule has 0 radical (unpaired) electrons. The van der Waals surface area contributed by atoms with Gasteiger partial charge in [-0.1, -0.05) is 24.6 Å². The Kier molecular flexibility index (Phi) is 5.04. The van der Waals surface area contributed by atoms with Gasteiger partial charge in [0.15, 0.2) is 0 Å². The molecule has 0 saturated carbocycles. The SMILES string of the molecule is CCNS(=O)(=O)CCNc1cccc(Cl)c1N. The third-order valence-corrected chi connectivity index (χ3v) is 3.90. The minimum Gasteiger partial charge on any atom is -0.396 e. The highest BCUT2D eigenvalue weighted by molar-refractivity contribution is 7.89. The quantitative estimate of drug-likeness (QED) is 0.684. The zero-order valence-corrected chi connectivity index (χ0v) is 11.1. The van der Waals surface area contributed by atoms with Gasteiger partial charge in [0.1, 0.15) is 0 Å². The van der Waals surface area contributed by atoms with Crippen LogP contribution in [0.4, 0.5) is 11.4 Å². The van der Waals surface area contributed by atoms with Gasteiger partial charge in [-0.3, -0.25) is 0 Å². The summed E-state index contributed by atoms with van der Waals surface area (Å²) in [4.78, 5) is 0. The molecule has 96 valence electrons. The van der Waals surface area contributed by atoms with E-state index in [2.05, 4.69) is 10.0 Å². The normalized spacial score (nSPS) is 11.4. The maximum atomic E-state index is 11.4. The number of para-hydroxylation sites is 1. The number of halogens is 1. The van der Waals surface area contributed by atoms with Crippen LogP contribution in [0.2, 0.25) is 5.02 Å². The Balaban J connectivity index is 2.55. The monoisotopic (exact) mass is 277 g/mol. The molecule has 0 spiro atoms. The molecule has 1 aromatic rings. The number of nitrogen functional groups attached to an aromatic ring is 1. The fourth-order valence-electron chi connectivity index (χ4n) is 1.30. The maximum Gasteiger partial charge on any atom is 0.213 e. The van der Waals surface area contributed by atoms with Crippen LogP contribution < -0.4 is 15.8 Å².